The van der Waals surface area contributed by atoms with Crippen molar-refractivity contribution in [3.05, 3.63) is 46.9 Å². The molecule has 6 nitrogen and oxygen atoms in total. The maximum absolute atomic E-state index is 13.3. The first-order valence-corrected chi connectivity index (χ1v) is 9.57. The van der Waals surface area contributed by atoms with Gasteiger partial charge in [-0.3, -0.25) is 4.79 Å². The molecule has 2 aromatic heterocycles. The summed E-state index contributed by atoms with van der Waals surface area (Å²) in [5.74, 6) is 1.68. The van der Waals surface area contributed by atoms with Crippen LogP contribution in [0.5, 0.6) is 0 Å². The second-order valence-corrected chi connectivity index (χ2v) is 7.99. The van der Waals surface area contributed by atoms with Crippen molar-refractivity contribution in [1.29, 1.82) is 0 Å². The summed E-state index contributed by atoms with van der Waals surface area (Å²) in [5.41, 5.74) is 3.78. The fraction of sp³-hybridized carbons (Fsp3) is 0.476. The van der Waals surface area contributed by atoms with Gasteiger partial charge in [0.15, 0.2) is 0 Å². The Morgan fingerprint density at radius 3 is 2.74 bits per heavy atom. The third-order valence-electron chi connectivity index (χ3n) is 6.54. The molecule has 2 fully saturated rings. The van der Waals surface area contributed by atoms with E-state index in [2.05, 4.69) is 30.1 Å². The molecule has 3 heterocycles. The molecule has 1 saturated carbocycles. The summed E-state index contributed by atoms with van der Waals surface area (Å²) in [6, 6.07) is 4.16. The molecule has 140 valence electrons. The van der Waals surface area contributed by atoms with E-state index in [-0.39, 0.29) is 5.91 Å². The Bertz CT molecular complexity index is 1050. The number of hydrogen-bond donors (Lipinski definition) is 0. The van der Waals surface area contributed by atoms with Crippen LogP contribution in [0.1, 0.15) is 47.7 Å². The second-order valence-electron chi connectivity index (χ2n) is 7.99. The summed E-state index contributed by atoms with van der Waals surface area (Å²) < 4.78 is 11.5. The van der Waals surface area contributed by atoms with Crippen LogP contribution in [0, 0.1) is 26.7 Å². The van der Waals surface area contributed by atoms with Gasteiger partial charge < -0.3 is 13.7 Å². The van der Waals surface area contributed by atoms with Crippen LogP contribution in [0.2, 0.25) is 0 Å². The molecule has 1 aliphatic heterocycles. The van der Waals surface area contributed by atoms with Crippen molar-refractivity contribution in [3.8, 4) is 0 Å². The van der Waals surface area contributed by atoms with E-state index in [1.807, 2.05) is 11.0 Å². The van der Waals surface area contributed by atoms with Gasteiger partial charge in [0, 0.05) is 24.4 Å². The van der Waals surface area contributed by atoms with Gasteiger partial charge in [0.25, 0.3) is 0 Å². The lowest BCUT2D eigenvalue weighted by atomic mass is 9.67. The average molecular weight is 365 g/mol. The summed E-state index contributed by atoms with van der Waals surface area (Å²) in [7, 11) is 0. The molecule has 3 aromatic rings. The van der Waals surface area contributed by atoms with Crippen molar-refractivity contribution >= 4 is 16.9 Å². The maximum Gasteiger partial charge on any atom is 0.242 e. The van der Waals surface area contributed by atoms with E-state index in [9.17, 15) is 4.79 Å². The Kier molecular flexibility index (Phi) is 3.48. The first-order valence-electron chi connectivity index (χ1n) is 9.57. The SMILES string of the molecule is Cc1nnc([C@]23CC[C@H]2CCN3C(=O)Cc2coc3cc(C)c(C)cc23)o1. The van der Waals surface area contributed by atoms with Crippen LogP contribution < -0.4 is 0 Å². The minimum absolute atomic E-state index is 0.106. The number of fused-ring (bicyclic) bond motifs is 2. The quantitative estimate of drug-likeness (QED) is 0.705. The fourth-order valence-electron chi connectivity index (χ4n) is 4.79. The lowest BCUT2D eigenvalue weighted by Gasteiger charge is -2.47. The lowest BCUT2D eigenvalue weighted by molar-refractivity contribution is -0.141. The number of likely N-dealkylation sites (tertiary alicyclic amines) is 1. The molecule has 1 aliphatic carbocycles. The summed E-state index contributed by atoms with van der Waals surface area (Å²) in [5, 5.41) is 9.30. The molecule has 0 bridgehead atoms. The Balaban J connectivity index is 1.47. The third kappa shape index (κ3) is 2.28. The molecule has 0 spiro atoms. The summed E-state index contributed by atoms with van der Waals surface area (Å²) in [4.78, 5) is 15.3. The Morgan fingerprint density at radius 2 is 2.04 bits per heavy atom. The number of carbonyl (C=O) groups excluding carboxylic acids is 1. The first kappa shape index (κ1) is 16.5. The van der Waals surface area contributed by atoms with Gasteiger partial charge in [-0.2, -0.15) is 0 Å². The monoisotopic (exact) mass is 365 g/mol. The van der Waals surface area contributed by atoms with Gasteiger partial charge in [-0.1, -0.05) is 0 Å². The van der Waals surface area contributed by atoms with Crippen LogP contribution in [0.25, 0.3) is 11.0 Å². The van der Waals surface area contributed by atoms with Crippen molar-refractivity contribution in [2.45, 2.75) is 52.0 Å². The van der Waals surface area contributed by atoms with Crippen LogP contribution in [-0.2, 0) is 16.8 Å². The topological polar surface area (TPSA) is 72.4 Å². The van der Waals surface area contributed by atoms with Gasteiger partial charge in [-0.25, -0.2) is 0 Å². The molecule has 0 unspecified atom stereocenters. The van der Waals surface area contributed by atoms with Gasteiger partial charge >= 0.3 is 0 Å². The Morgan fingerprint density at radius 1 is 1.22 bits per heavy atom. The smallest absolute Gasteiger partial charge is 0.242 e. The van der Waals surface area contributed by atoms with E-state index in [0.717, 1.165) is 42.3 Å². The molecule has 2 aliphatic rings. The molecule has 2 atom stereocenters. The normalized spacial score (nSPS) is 24.3. The zero-order valence-corrected chi connectivity index (χ0v) is 15.9. The van der Waals surface area contributed by atoms with Crippen molar-refractivity contribution in [1.82, 2.24) is 15.1 Å². The molecular weight excluding hydrogens is 342 g/mol. The predicted molar refractivity (Wildman–Crippen MR) is 99.2 cm³/mol. The summed E-state index contributed by atoms with van der Waals surface area (Å²) in [6.45, 7) is 6.70. The molecule has 5 rings (SSSR count). The molecule has 1 saturated heterocycles. The second kappa shape index (κ2) is 5.68. The van der Waals surface area contributed by atoms with Crippen LogP contribution in [-0.4, -0.2) is 27.5 Å². The van der Waals surface area contributed by atoms with E-state index in [4.69, 9.17) is 8.83 Å². The number of amides is 1. The van der Waals surface area contributed by atoms with E-state index in [1.165, 1.54) is 11.1 Å². The number of nitrogens with zero attached hydrogens (tertiary/aromatic N) is 3. The highest BCUT2D eigenvalue weighted by atomic mass is 16.4. The van der Waals surface area contributed by atoms with Gasteiger partial charge in [0.2, 0.25) is 17.7 Å². The number of aryl methyl sites for hydroxylation is 3. The minimum atomic E-state index is -0.398. The largest absolute Gasteiger partial charge is 0.464 e. The Labute approximate surface area is 157 Å². The number of aromatic nitrogens is 2. The molecule has 0 N–H and O–H groups in total. The van der Waals surface area contributed by atoms with E-state index >= 15 is 0 Å². The van der Waals surface area contributed by atoms with Crippen molar-refractivity contribution in [2.24, 2.45) is 5.92 Å². The highest BCUT2D eigenvalue weighted by Crippen LogP contribution is 2.56. The van der Waals surface area contributed by atoms with Crippen LogP contribution in [0.4, 0.5) is 0 Å². The van der Waals surface area contributed by atoms with Crippen molar-refractivity contribution < 1.29 is 13.6 Å². The van der Waals surface area contributed by atoms with Crippen LogP contribution in [0.15, 0.2) is 27.2 Å². The van der Waals surface area contributed by atoms with Gasteiger partial charge in [0.1, 0.15) is 11.1 Å². The molecule has 1 amide bonds. The van der Waals surface area contributed by atoms with E-state index in [1.54, 1.807) is 13.2 Å². The molecule has 6 heteroatoms. The fourth-order valence-corrected chi connectivity index (χ4v) is 4.79. The van der Waals surface area contributed by atoms with Crippen molar-refractivity contribution in [3.63, 3.8) is 0 Å². The zero-order chi connectivity index (χ0) is 18.8. The molecule has 0 radical (unpaired) electrons. The van der Waals surface area contributed by atoms with Crippen LogP contribution in [0.3, 0.4) is 0 Å². The standard InChI is InChI=1S/C21H23N3O3/c1-12-8-17-15(11-26-18(17)9-13(12)2)10-19(25)24-7-5-16-4-6-21(16,24)20-23-22-14(3)27-20/h8-9,11,16H,4-7,10H2,1-3H3/t16-,21-/m0/s1. The summed E-state index contributed by atoms with van der Waals surface area (Å²) >= 11 is 0. The number of carbonyl (C=O) groups is 1. The highest BCUT2D eigenvalue weighted by molar-refractivity contribution is 5.89. The number of furan rings is 1. The van der Waals surface area contributed by atoms with Gasteiger partial charge in [-0.05, 0) is 62.3 Å². The first-order chi connectivity index (χ1) is 13.0. The van der Waals surface area contributed by atoms with Crippen molar-refractivity contribution in [2.75, 3.05) is 6.54 Å². The van der Waals surface area contributed by atoms with Crippen LogP contribution >= 0.6 is 0 Å². The third-order valence-corrected chi connectivity index (χ3v) is 6.54. The van der Waals surface area contributed by atoms with Gasteiger partial charge in [-0.15, -0.1) is 10.2 Å². The molecular formula is C21H23N3O3. The minimum Gasteiger partial charge on any atom is -0.464 e. The summed E-state index contributed by atoms with van der Waals surface area (Å²) in [6.07, 6.45) is 5.06. The maximum atomic E-state index is 13.3. The molecule has 1 aromatic carbocycles. The van der Waals surface area contributed by atoms with E-state index in [0.29, 0.717) is 24.1 Å². The van der Waals surface area contributed by atoms with E-state index < -0.39 is 5.54 Å². The van der Waals surface area contributed by atoms with Gasteiger partial charge in [0.05, 0.1) is 12.7 Å². The Hall–Kier alpha value is -2.63. The zero-order valence-electron chi connectivity index (χ0n) is 15.9. The number of hydrogen-bond acceptors (Lipinski definition) is 5. The number of benzene rings is 1. The average Bonchev–Trinajstić information content (AvgIpc) is 3.27. The lowest BCUT2D eigenvalue weighted by Crippen LogP contribution is -2.54. The highest BCUT2D eigenvalue weighted by Gasteiger charge is 2.60. The predicted octanol–water partition coefficient (Wildman–Crippen LogP) is 3.82. The number of rotatable bonds is 3. The molecule has 27 heavy (non-hydrogen) atoms.